The number of hydrogen-bond acceptors (Lipinski definition) is 3. The topological polar surface area (TPSA) is 67.4 Å². The molecule has 5 nitrogen and oxygen atoms in total. The molecule has 2 N–H and O–H groups in total. The molecule has 2 amide bonds. The van der Waals surface area contributed by atoms with Gasteiger partial charge in [0.05, 0.1) is 0 Å². The Kier molecular flexibility index (Phi) is 7.59. The van der Waals surface area contributed by atoms with Crippen molar-refractivity contribution in [3.63, 3.8) is 0 Å². The lowest BCUT2D eigenvalue weighted by atomic mass is 9.87. The smallest absolute Gasteiger partial charge is 0.276 e. The Bertz CT molecular complexity index is 504. The highest BCUT2D eigenvalue weighted by atomic mass is 16.5. The number of amides is 2. The average Bonchev–Trinajstić information content (AvgIpc) is 2.50. The van der Waals surface area contributed by atoms with Gasteiger partial charge in [0, 0.05) is 6.42 Å². The van der Waals surface area contributed by atoms with E-state index in [4.69, 9.17) is 4.74 Å². The molecule has 0 fully saturated rings. The SMILES string of the molecule is CCCCCC(=O)NNC(=O)COc1ccc(C(C)(C)C)cc1. The average molecular weight is 320 g/mol. The van der Waals surface area contributed by atoms with Crippen molar-refractivity contribution in [2.75, 3.05) is 6.61 Å². The first-order chi connectivity index (χ1) is 10.8. The van der Waals surface area contributed by atoms with Gasteiger partial charge in [0.15, 0.2) is 6.61 Å². The Labute approximate surface area is 138 Å². The number of hydrazine groups is 1. The van der Waals surface area contributed by atoms with E-state index in [1.807, 2.05) is 24.3 Å². The van der Waals surface area contributed by atoms with E-state index in [1.54, 1.807) is 0 Å². The minimum absolute atomic E-state index is 0.0813. The van der Waals surface area contributed by atoms with Crippen LogP contribution in [0.2, 0.25) is 0 Å². The monoisotopic (exact) mass is 320 g/mol. The normalized spacial score (nSPS) is 11.0. The summed E-state index contributed by atoms with van der Waals surface area (Å²) in [6.45, 7) is 8.35. The van der Waals surface area contributed by atoms with E-state index < -0.39 is 0 Å². The molecule has 5 heteroatoms. The number of benzene rings is 1. The second-order valence-electron chi connectivity index (χ2n) is 6.62. The van der Waals surface area contributed by atoms with Crippen LogP contribution in [0.1, 0.15) is 58.9 Å². The van der Waals surface area contributed by atoms with Crippen LogP contribution in [0.3, 0.4) is 0 Å². The predicted molar refractivity (Wildman–Crippen MR) is 91.1 cm³/mol. The van der Waals surface area contributed by atoms with Crippen LogP contribution < -0.4 is 15.6 Å². The van der Waals surface area contributed by atoms with Gasteiger partial charge in [0.2, 0.25) is 5.91 Å². The molecule has 0 aliphatic heterocycles. The van der Waals surface area contributed by atoms with Crippen molar-refractivity contribution >= 4 is 11.8 Å². The molecule has 0 aliphatic carbocycles. The molecule has 128 valence electrons. The van der Waals surface area contributed by atoms with Crippen LogP contribution in [-0.4, -0.2) is 18.4 Å². The van der Waals surface area contributed by atoms with Gasteiger partial charge in [-0.1, -0.05) is 52.7 Å². The summed E-state index contributed by atoms with van der Waals surface area (Å²) in [6, 6.07) is 7.67. The second kappa shape index (κ2) is 9.18. The van der Waals surface area contributed by atoms with E-state index in [1.165, 1.54) is 5.56 Å². The van der Waals surface area contributed by atoms with Crippen molar-refractivity contribution in [3.05, 3.63) is 29.8 Å². The largest absolute Gasteiger partial charge is 0.484 e. The molecule has 0 aromatic heterocycles. The minimum Gasteiger partial charge on any atom is -0.484 e. The van der Waals surface area contributed by atoms with Crippen molar-refractivity contribution in [3.8, 4) is 5.75 Å². The molecule has 0 atom stereocenters. The summed E-state index contributed by atoms with van der Waals surface area (Å²) in [5, 5.41) is 0. The molecular weight excluding hydrogens is 292 g/mol. The summed E-state index contributed by atoms with van der Waals surface area (Å²) < 4.78 is 5.40. The maximum atomic E-state index is 11.6. The summed E-state index contributed by atoms with van der Waals surface area (Å²) in [6.07, 6.45) is 3.31. The highest BCUT2D eigenvalue weighted by Gasteiger charge is 2.13. The first-order valence-corrected chi connectivity index (χ1v) is 8.14. The Morgan fingerprint density at radius 2 is 1.61 bits per heavy atom. The molecule has 1 aromatic rings. The zero-order valence-corrected chi connectivity index (χ0v) is 14.6. The first kappa shape index (κ1) is 19.0. The first-order valence-electron chi connectivity index (χ1n) is 8.14. The third kappa shape index (κ3) is 7.68. The molecule has 0 saturated carbocycles. The lowest BCUT2D eigenvalue weighted by Crippen LogP contribution is -2.43. The summed E-state index contributed by atoms with van der Waals surface area (Å²) >= 11 is 0. The van der Waals surface area contributed by atoms with Crippen LogP contribution in [0.5, 0.6) is 5.75 Å². The highest BCUT2D eigenvalue weighted by molar-refractivity contribution is 5.82. The van der Waals surface area contributed by atoms with Gasteiger partial charge < -0.3 is 4.74 Å². The molecule has 0 aliphatic rings. The van der Waals surface area contributed by atoms with Crippen LogP contribution in [0, 0.1) is 0 Å². The van der Waals surface area contributed by atoms with Gasteiger partial charge in [-0.3, -0.25) is 20.4 Å². The third-order valence-electron chi connectivity index (χ3n) is 3.44. The Morgan fingerprint density at radius 3 is 2.17 bits per heavy atom. The van der Waals surface area contributed by atoms with E-state index in [2.05, 4.69) is 38.5 Å². The maximum absolute atomic E-state index is 11.6. The molecule has 0 radical (unpaired) electrons. The number of carbonyl (C=O) groups excluding carboxylic acids is 2. The molecule has 0 spiro atoms. The predicted octanol–water partition coefficient (Wildman–Crippen LogP) is 3.09. The van der Waals surface area contributed by atoms with E-state index in [0.717, 1.165) is 19.3 Å². The Morgan fingerprint density at radius 1 is 1.00 bits per heavy atom. The van der Waals surface area contributed by atoms with Crippen molar-refractivity contribution in [1.29, 1.82) is 0 Å². The summed E-state index contributed by atoms with van der Waals surface area (Å²) in [4.78, 5) is 23.1. The Hall–Kier alpha value is -2.04. The molecule has 1 rings (SSSR count). The number of carbonyl (C=O) groups is 2. The molecule has 0 saturated heterocycles. The fraction of sp³-hybridized carbons (Fsp3) is 0.556. The van der Waals surface area contributed by atoms with Crippen LogP contribution in [0.4, 0.5) is 0 Å². The molecule has 0 unspecified atom stereocenters. The van der Waals surface area contributed by atoms with E-state index in [9.17, 15) is 9.59 Å². The lowest BCUT2D eigenvalue weighted by Gasteiger charge is -2.19. The zero-order chi connectivity index (χ0) is 17.3. The molecule has 0 heterocycles. The second-order valence-corrected chi connectivity index (χ2v) is 6.62. The van der Waals surface area contributed by atoms with Crippen LogP contribution in [-0.2, 0) is 15.0 Å². The minimum atomic E-state index is -0.381. The molecule has 23 heavy (non-hydrogen) atoms. The van der Waals surface area contributed by atoms with Crippen LogP contribution in [0.25, 0.3) is 0 Å². The van der Waals surface area contributed by atoms with Crippen LogP contribution in [0.15, 0.2) is 24.3 Å². The van der Waals surface area contributed by atoms with Gasteiger partial charge in [0.25, 0.3) is 5.91 Å². The standard InChI is InChI=1S/C18H28N2O3/c1-5-6-7-8-16(21)19-20-17(22)13-23-15-11-9-14(10-12-15)18(2,3)4/h9-12H,5-8,13H2,1-4H3,(H,19,21)(H,20,22). The van der Waals surface area contributed by atoms with Crippen molar-refractivity contribution in [1.82, 2.24) is 10.9 Å². The van der Waals surface area contributed by atoms with Gasteiger partial charge in [-0.15, -0.1) is 0 Å². The number of ether oxygens (including phenoxy) is 1. The molecule has 1 aromatic carbocycles. The maximum Gasteiger partial charge on any atom is 0.276 e. The van der Waals surface area contributed by atoms with Crippen LogP contribution >= 0.6 is 0 Å². The molecular formula is C18H28N2O3. The van der Waals surface area contributed by atoms with Gasteiger partial charge in [-0.05, 0) is 29.5 Å². The third-order valence-corrected chi connectivity index (χ3v) is 3.44. The number of nitrogens with one attached hydrogen (secondary N) is 2. The number of unbranched alkanes of at least 4 members (excludes halogenated alkanes) is 2. The van der Waals surface area contributed by atoms with Crippen molar-refractivity contribution in [2.45, 2.75) is 58.8 Å². The van der Waals surface area contributed by atoms with Gasteiger partial charge >= 0.3 is 0 Å². The lowest BCUT2D eigenvalue weighted by molar-refractivity contribution is -0.130. The van der Waals surface area contributed by atoms with E-state index in [0.29, 0.717) is 12.2 Å². The number of rotatable bonds is 7. The van der Waals surface area contributed by atoms with Gasteiger partial charge in [0.1, 0.15) is 5.75 Å². The Balaban J connectivity index is 2.29. The summed E-state index contributed by atoms with van der Waals surface area (Å²) in [5.41, 5.74) is 6.02. The van der Waals surface area contributed by atoms with Crippen molar-refractivity contribution in [2.24, 2.45) is 0 Å². The van der Waals surface area contributed by atoms with E-state index >= 15 is 0 Å². The number of hydrogen-bond donors (Lipinski definition) is 2. The molecule has 0 bridgehead atoms. The fourth-order valence-corrected chi connectivity index (χ4v) is 1.97. The quantitative estimate of drug-likeness (QED) is 0.599. The fourth-order valence-electron chi connectivity index (χ4n) is 1.97. The summed E-state index contributed by atoms with van der Waals surface area (Å²) in [7, 11) is 0. The zero-order valence-electron chi connectivity index (χ0n) is 14.6. The van der Waals surface area contributed by atoms with E-state index in [-0.39, 0.29) is 23.8 Å². The van der Waals surface area contributed by atoms with Gasteiger partial charge in [-0.25, -0.2) is 0 Å². The van der Waals surface area contributed by atoms with Gasteiger partial charge in [-0.2, -0.15) is 0 Å². The summed E-state index contributed by atoms with van der Waals surface area (Å²) in [5.74, 6) is 0.0671. The van der Waals surface area contributed by atoms with Crippen molar-refractivity contribution < 1.29 is 14.3 Å². The highest BCUT2D eigenvalue weighted by Crippen LogP contribution is 2.24.